The van der Waals surface area contributed by atoms with Gasteiger partial charge in [0.2, 0.25) is 0 Å². The van der Waals surface area contributed by atoms with Crippen LogP contribution in [0.2, 0.25) is 0 Å². The van der Waals surface area contributed by atoms with Gasteiger partial charge in [0.1, 0.15) is 5.69 Å². The second-order valence-corrected chi connectivity index (χ2v) is 4.72. The third kappa shape index (κ3) is 4.06. The smallest absolute Gasteiger partial charge is 0.269 e. The fraction of sp³-hybridized carbons (Fsp3) is 0.714. The van der Waals surface area contributed by atoms with Crippen LogP contribution in [-0.2, 0) is 0 Å². The van der Waals surface area contributed by atoms with Gasteiger partial charge in [0.25, 0.3) is 5.91 Å². The summed E-state index contributed by atoms with van der Waals surface area (Å²) < 4.78 is 1.81. The van der Waals surface area contributed by atoms with Crippen LogP contribution in [-0.4, -0.2) is 33.4 Å². The quantitative estimate of drug-likeness (QED) is 0.758. The van der Waals surface area contributed by atoms with Gasteiger partial charge in [0, 0.05) is 18.8 Å². The zero-order chi connectivity index (χ0) is 14.3. The molecule has 0 radical (unpaired) electrons. The Bertz CT molecular complexity index is 386. The molecule has 0 bridgehead atoms. The summed E-state index contributed by atoms with van der Waals surface area (Å²) in [6.07, 6.45) is 4.96. The van der Waals surface area contributed by atoms with E-state index in [4.69, 9.17) is 5.11 Å². The molecule has 0 saturated heterocycles. The van der Waals surface area contributed by atoms with Crippen molar-refractivity contribution >= 4 is 5.91 Å². The first-order valence-electron chi connectivity index (χ1n) is 7.13. The van der Waals surface area contributed by atoms with Crippen molar-refractivity contribution in [2.45, 2.75) is 58.5 Å². The van der Waals surface area contributed by atoms with Gasteiger partial charge in [-0.1, -0.05) is 20.8 Å². The maximum Gasteiger partial charge on any atom is 0.269 e. The van der Waals surface area contributed by atoms with Gasteiger partial charge in [-0.3, -0.25) is 9.48 Å². The number of nitrogens with zero attached hydrogens (tertiary/aromatic N) is 2. The lowest BCUT2D eigenvalue weighted by atomic mass is 10.1. The maximum atomic E-state index is 12.3. The Balaban J connectivity index is 2.79. The molecular formula is C14H25N3O2. The number of aromatic nitrogens is 2. The summed E-state index contributed by atoms with van der Waals surface area (Å²) in [6.45, 7) is 6.28. The highest BCUT2D eigenvalue weighted by molar-refractivity contribution is 5.92. The molecule has 1 heterocycles. The van der Waals surface area contributed by atoms with Gasteiger partial charge in [-0.25, -0.2) is 0 Å². The van der Waals surface area contributed by atoms with E-state index >= 15 is 0 Å². The molecule has 1 unspecified atom stereocenters. The minimum atomic E-state index is -0.107. The number of carbonyl (C=O) groups excluding carboxylic acids is 1. The molecule has 19 heavy (non-hydrogen) atoms. The summed E-state index contributed by atoms with van der Waals surface area (Å²) in [4.78, 5) is 12.3. The van der Waals surface area contributed by atoms with Gasteiger partial charge in [-0.2, -0.15) is 5.10 Å². The molecule has 1 rings (SSSR count). The molecule has 1 aromatic heterocycles. The molecule has 1 aromatic rings. The highest BCUT2D eigenvalue weighted by atomic mass is 16.3. The van der Waals surface area contributed by atoms with Crippen LogP contribution in [0.4, 0.5) is 0 Å². The molecule has 0 aliphatic carbocycles. The third-order valence-corrected chi connectivity index (χ3v) is 3.50. The average Bonchev–Trinajstić information content (AvgIpc) is 2.89. The average molecular weight is 267 g/mol. The van der Waals surface area contributed by atoms with Crippen LogP contribution < -0.4 is 5.32 Å². The standard InChI is InChI=1S/C14H25N3O2/c1-4-11(8-10-18)16-14(19)13-7-9-15-17(13)12(5-2)6-3/h7,9,11-12,18H,4-6,8,10H2,1-3H3,(H,16,19). The third-order valence-electron chi connectivity index (χ3n) is 3.50. The highest BCUT2D eigenvalue weighted by Crippen LogP contribution is 2.17. The van der Waals surface area contributed by atoms with Crippen molar-refractivity contribution in [3.63, 3.8) is 0 Å². The van der Waals surface area contributed by atoms with Crippen LogP contribution >= 0.6 is 0 Å². The number of rotatable bonds is 8. The van der Waals surface area contributed by atoms with E-state index in [2.05, 4.69) is 24.3 Å². The summed E-state index contributed by atoms with van der Waals surface area (Å²) in [5.41, 5.74) is 0.602. The van der Waals surface area contributed by atoms with Crippen molar-refractivity contribution in [3.8, 4) is 0 Å². The van der Waals surface area contributed by atoms with Crippen molar-refractivity contribution < 1.29 is 9.90 Å². The summed E-state index contributed by atoms with van der Waals surface area (Å²) in [5, 5.41) is 16.2. The van der Waals surface area contributed by atoms with Crippen molar-refractivity contribution in [2.24, 2.45) is 0 Å². The second-order valence-electron chi connectivity index (χ2n) is 4.72. The molecule has 0 aliphatic rings. The minimum absolute atomic E-state index is 0.0163. The van der Waals surface area contributed by atoms with Crippen molar-refractivity contribution in [3.05, 3.63) is 18.0 Å². The first-order chi connectivity index (χ1) is 9.17. The van der Waals surface area contributed by atoms with E-state index in [0.29, 0.717) is 12.1 Å². The first-order valence-corrected chi connectivity index (χ1v) is 7.13. The number of aliphatic hydroxyl groups excluding tert-OH is 1. The predicted octanol–water partition coefficient (Wildman–Crippen LogP) is 2.13. The fourth-order valence-electron chi connectivity index (χ4n) is 2.21. The Labute approximate surface area is 115 Å². The molecule has 5 heteroatoms. The van der Waals surface area contributed by atoms with Crippen LogP contribution in [0.25, 0.3) is 0 Å². The zero-order valence-electron chi connectivity index (χ0n) is 12.1. The fourth-order valence-corrected chi connectivity index (χ4v) is 2.21. The van der Waals surface area contributed by atoms with Crippen molar-refractivity contribution in [1.29, 1.82) is 0 Å². The van der Waals surface area contributed by atoms with Crippen LogP contribution in [0.1, 0.15) is 63.0 Å². The minimum Gasteiger partial charge on any atom is -0.396 e. The van der Waals surface area contributed by atoms with Crippen LogP contribution in [0.15, 0.2) is 12.3 Å². The number of amides is 1. The Morgan fingerprint density at radius 3 is 2.58 bits per heavy atom. The van der Waals surface area contributed by atoms with Gasteiger partial charge in [-0.05, 0) is 31.7 Å². The highest BCUT2D eigenvalue weighted by Gasteiger charge is 2.19. The summed E-state index contributed by atoms with van der Waals surface area (Å²) in [7, 11) is 0. The second kappa shape index (κ2) is 7.94. The largest absolute Gasteiger partial charge is 0.396 e. The maximum absolute atomic E-state index is 12.3. The van der Waals surface area contributed by atoms with E-state index < -0.39 is 0 Å². The number of nitrogens with one attached hydrogen (secondary N) is 1. The number of hydrogen-bond acceptors (Lipinski definition) is 3. The lowest BCUT2D eigenvalue weighted by molar-refractivity contribution is 0.0915. The van der Waals surface area contributed by atoms with Gasteiger partial charge >= 0.3 is 0 Å². The van der Waals surface area contributed by atoms with Crippen molar-refractivity contribution in [2.75, 3.05) is 6.61 Å². The van der Waals surface area contributed by atoms with Crippen LogP contribution in [0.5, 0.6) is 0 Å². The van der Waals surface area contributed by atoms with Gasteiger partial charge in [0.05, 0.1) is 6.04 Å². The number of hydrogen-bond donors (Lipinski definition) is 2. The molecule has 0 spiro atoms. The lowest BCUT2D eigenvalue weighted by Gasteiger charge is -2.19. The molecule has 0 fully saturated rings. The van der Waals surface area contributed by atoms with Gasteiger partial charge < -0.3 is 10.4 Å². The van der Waals surface area contributed by atoms with Crippen LogP contribution in [0.3, 0.4) is 0 Å². The van der Waals surface area contributed by atoms with E-state index in [1.807, 2.05) is 6.92 Å². The zero-order valence-corrected chi connectivity index (χ0v) is 12.1. The van der Waals surface area contributed by atoms with Gasteiger partial charge in [-0.15, -0.1) is 0 Å². The first kappa shape index (κ1) is 15.7. The predicted molar refractivity (Wildman–Crippen MR) is 75.1 cm³/mol. The van der Waals surface area contributed by atoms with E-state index in [1.54, 1.807) is 16.9 Å². The molecule has 0 aliphatic heterocycles. The Morgan fingerprint density at radius 2 is 2.05 bits per heavy atom. The summed E-state index contributed by atoms with van der Waals surface area (Å²) in [5.74, 6) is -0.107. The summed E-state index contributed by atoms with van der Waals surface area (Å²) in [6, 6.07) is 2.02. The normalized spacial score (nSPS) is 12.7. The van der Waals surface area contributed by atoms with Crippen molar-refractivity contribution in [1.82, 2.24) is 15.1 Å². The molecule has 1 amide bonds. The molecule has 5 nitrogen and oxygen atoms in total. The topological polar surface area (TPSA) is 67.2 Å². The molecule has 1 atom stereocenters. The van der Waals surface area contributed by atoms with Gasteiger partial charge in [0.15, 0.2) is 0 Å². The Kier molecular flexibility index (Phi) is 6.56. The molecule has 2 N–H and O–H groups in total. The van der Waals surface area contributed by atoms with E-state index in [9.17, 15) is 4.79 Å². The SMILES string of the molecule is CCC(CCO)NC(=O)c1ccnn1C(CC)CC. The lowest BCUT2D eigenvalue weighted by Crippen LogP contribution is -2.36. The molecule has 0 saturated carbocycles. The Morgan fingerprint density at radius 1 is 1.37 bits per heavy atom. The van der Waals surface area contributed by atoms with E-state index in [-0.39, 0.29) is 24.6 Å². The molecule has 0 aromatic carbocycles. The number of aliphatic hydroxyl groups is 1. The molecular weight excluding hydrogens is 242 g/mol. The van der Waals surface area contributed by atoms with Crippen LogP contribution in [0, 0.1) is 0 Å². The molecule has 108 valence electrons. The summed E-state index contributed by atoms with van der Waals surface area (Å²) >= 11 is 0. The monoisotopic (exact) mass is 267 g/mol. The van der Waals surface area contributed by atoms with E-state index in [1.165, 1.54) is 0 Å². The number of carbonyl (C=O) groups is 1. The van der Waals surface area contributed by atoms with E-state index in [0.717, 1.165) is 19.3 Å². The Hall–Kier alpha value is -1.36.